The van der Waals surface area contributed by atoms with E-state index in [1.54, 1.807) is 43.5 Å². The minimum atomic E-state index is -4.58. The van der Waals surface area contributed by atoms with Crippen molar-refractivity contribution in [3.05, 3.63) is 59.8 Å². The highest BCUT2D eigenvalue weighted by atomic mass is 19.4. The Morgan fingerprint density at radius 2 is 1.93 bits per heavy atom. The van der Waals surface area contributed by atoms with Gasteiger partial charge < -0.3 is 11.1 Å². The number of hydrogen-bond acceptors (Lipinski definition) is 4. The van der Waals surface area contributed by atoms with Crippen molar-refractivity contribution < 1.29 is 22.8 Å². The van der Waals surface area contributed by atoms with Crippen molar-refractivity contribution in [3.63, 3.8) is 0 Å². The molecule has 6 nitrogen and oxygen atoms in total. The summed E-state index contributed by atoms with van der Waals surface area (Å²) in [5.41, 5.74) is 7.25. The van der Waals surface area contributed by atoms with Crippen LogP contribution in [0.4, 0.5) is 23.8 Å². The number of nitrogens with zero attached hydrogens (tertiary/aromatic N) is 2. The zero-order chi connectivity index (χ0) is 20.9. The minimum Gasteiger partial charge on any atom is -0.384 e. The van der Waals surface area contributed by atoms with Gasteiger partial charge in [-0.3, -0.25) is 9.69 Å². The molecule has 3 N–H and O–H groups in total. The summed E-state index contributed by atoms with van der Waals surface area (Å²) in [4.78, 5) is 27.0. The van der Waals surface area contributed by atoms with Crippen molar-refractivity contribution in [1.29, 1.82) is 0 Å². The predicted octanol–water partition coefficient (Wildman–Crippen LogP) is 3.59. The molecule has 2 heterocycles. The lowest BCUT2D eigenvalue weighted by Crippen LogP contribution is -2.64. The van der Waals surface area contributed by atoms with Crippen molar-refractivity contribution in [2.75, 3.05) is 5.73 Å². The van der Waals surface area contributed by atoms with Crippen LogP contribution in [0.1, 0.15) is 30.5 Å². The molecule has 2 atom stereocenters. The van der Waals surface area contributed by atoms with E-state index >= 15 is 0 Å². The van der Waals surface area contributed by atoms with E-state index < -0.39 is 36.6 Å². The number of amides is 3. The Labute approximate surface area is 160 Å². The van der Waals surface area contributed by atoms with Gasteiger partial charge in [-0.25, -0.2) is 9.78 Å². The molecule has 0 aliphatic carbocycles. The van der Waals surface area contributed by atoms with Crippen molar-refractivity contribution in [1.82, 2.24) is 15.2 Å². The van der Waals surface area contributed by atoms with Crippen LogP contribution in [0.25, 0.3) is 0 Å². The Morgan fingerprint density at radius 3 is 2.39 bits per heavy atom. The first kappa shape index (κ1) is 21.2. The number of carbonyl (C=O) groups is 2. The highest BCUT2D eigenvalue weighted by Crippen LogP contribution is 2.34. The number of halogens is 3. The number of aromatic nitrogens is 1. The number of carbonyl (C=O) groups excluding carboxylic acids is 2. The molecule has 1 aromatic carbocycles. The number of imide groups is 1. The number of alkyl halides is 3. The van der Waals surface area contributed by atoms with Crippen molar-refractivity contribution >= 4 is 17.8 Å². The lowest BCUT2D eigenvalue weighted by atomic mass is 10.0. The van der Waals surface area contributed by atoms with Gasteiger partial charge in [0.25, 0.3) is 0 Å². The van der Waals surface area contributed by atoms with Gasteiger partial charge in [0.1, 0.15) is 11.9 Å². The monoisotopic (exact) mass is 394 g/mol. The average Bonchev–Trinajstić information content (AvgIpc) is 2.59. The molecule has 2 aromatic rings. The number of hydrogen-bond donors (Lipinski definition) is 2. The number of nitrogen functional groups attached to an aromatic ring is 1. The normalized spacial score (nSPS) is 17.1. The molecule has 1 aliphatic heterocycles. The summed E-state index contributed by atoms with van der Waals surface area (Å²) < 4.78 is 37.7. The van der Waals surface area contributed by atoms with Gasteiger partial charge in [-0.15, -0.1) is 0 Å². The molecule has 0 radical (unpaired) electrons. The van der Waals surface area contributed by atoms with E-state index in [0.29, 0.717) is 5.82 Å². The predicted molar refractivity (Wildman–Crippen MR) is 98.1 cm³/mol. The number of pyridine rings is 1. The fraction of sp³-hybridized carbons (Fsp3) is 0.316. The molecular formula is C19H21F3N4O2. The molecule has 1 aliphatic rings. The molecular weight excluding hydrogens is 373 g/mol. The molecule has 0 bridgehead atoms. The Hall–Kier alpha value is -3.10. The fourth-order valence-electron chi connectivity index (χ4n) is 2.57. The van der Waals surface area contributed by atoms with Crippen LogP contribution in [-0.4, -0.2) is 34.0 Å². The van der Waals surface area contributed by atoms with Crippen molar-refractivity contribution in [2.45, 2.75) is 38.5 Å². The van der Waals surface area contributed by atoms with E-state index in [1.165, 1.54) is 0 Å². The largest absolute Gasteiger partial charge is 0.409 e. The van der Waals surface area contributed by atoms with E-state index in [9.17, 15) is 22.8 Å². The van der Waals surface area contributed by atoms with E-state index in [0.717, 1.165) is 11.1 Å². The number of rotatable bonds is 2. The highest BCUT2D eigenvalue weighted by Gasteiger charge is 2.56. The molecule has 3 rings (SSSR count). The van der Waals surface area contributed by atoms with Crippen LogP contribution in [0.2, 0.25) is 0 Å². The average molecular weight is 394 g/mol. The third kappa shape index (κ3) is 5.45. The molecule has 150 valence electrons. The first-order valence-corrected chi connectivity index (χ1v) is 8.52. The third-order valence-electron chi connectivity index (χ3n) is 4.12. The number of β-lactam (4-membered cyclic amide) rings is 1. The van der Waals surface area contributed by atoms with Crippen molar-refractivity contribution in [3.8, 4) is 0 Å². The number of nitrogens with two attached hydrogens (primary N) is 1. The molecule has 2 unspecified atom stereocenters. The highest BCUT2D eigenvalue weighted by molar-refractivity contribution is 6.00. The standard InChI is InChI=1S/C13H13F3N2O2.C6H8N2/c1-8(9-5-3-2-4-6-9)17-12(20)18-10(7-11(18)19)13(14,15)16;1-5-2-3-8-6(7)4-5/h2-6,8,10H,7H2,1H3,(H,17,20);2-4H,1H3,(H2,7,8). The fourth-order valence-corrected chi connectivity index (χ4v) is 2.57. The maximum absolute atomic E-state index is 12.6. The number of nitrogens with one attached hydrogen (secondary N) is 1. The van der Waals surface area contributed by atoms with Crippen LogP contribution in [0, 0.1) is 6.92 Å². The van der Waals surface area contributed by atoms with E-state index in [2.05, 4.69) is 10.3 Å². The van der Waals surface area contributed by atoms with E-state index in [-0.39, 0.29) is 4.90 Å². The van der Waals surface area contributed by atoms with Crippen LogP contribution in [0.5, 0.6) is 0 Å². The van der Waals surface area contributed by atoms with Gasteiger partial charge in [0, 0.05) is 6.20 Å². The Bertz CT molecular complexity index is 810. The molecule has 0 spiro atoms. The topological polar surface area (TPSA) is 88.3 Å². The number of aryl methyl sites for hydroxylation is 1. The van der Waals surface area contributed by atoms with Crippen LogP contribution in [0.15, 0.2) is 48.7 Å². The van der Waals surface area contributed by atoms with Gasteiger partial charge in [0.2, 0.25) is 5.91 Å². The second-order valence-corrected chi connectivity index (χ2v) is 6.37. The van der Waals surface area contributed by atoms with Crippen LogP contribution in [-0.2, 0) is 4.79 Å². The zero-order valence-electron chi connectivity index (χ0n) is 15.4. The van der Waals surface area contributed by atoms with Gasteiger partial charge in [0.05, 0.1) is 12.5 Å². The van der Waals surface area contributed by atoms with Gasteiger partial charge in [-0.2, -0.15) is 13.2 Å². The molecule has 9 heteroatoms. The summed E-state index contributed by atoms with van der Waals surface area (Å²) in [7, 11) is 0. The Balaban J connectivity index is 0.000000292. The maximum atomic E-state index is 12.6. The molecule has 1 saturated heterocycles. The van der Waals surface area contributed by atoms with Crippen molar-refractivity contribution in [2.24, 2.45) is 0 Å². The number of anilines is 1. The summed E-state index contributed by atoms with van der Waals surface area (Å²) in [6.07, 6.45) is -3.55. The first-order valence-electron chi connectivity index (χ1n) is 8.52. The smallest absolute Gasteiger partial charge is 0.384 e. The molecule has 1 aromatic heterocycles. The van der Waals surface area contributed by atoms with Gasteiger partial charge in [-0.1, -0.05) is 30.3 Å². The van der Waals surface area contributed by atoms with Gasteiger partial charge in [0.15, 0.2) is 0 Å². The van der Waals surface area contributed by atoms with Crippen LogP contribution in [0.3, 0.4) is 0 Å². The second kappa shape index (κ2) is 8.73. The summed E-state index contributed by atoms with van der Waals surface area (Å²) >= 11 is 0. The third-order valence-corrected chi connectivity index (χ3v) is 4.12. The van der Waals surface area contributed by atoms with E-state index in [4.69, 9.17) is 5.73 Å². The SMILES string of the molecule is CC(NC(=O)N1C(=O)CC1C(F)(F)F)c1ccccc1.Cc1ccnc(N)c1. The number of likely N-dealkylation sites (tertiary alicyclic amines) is 1. The molecule has 3 amide bonds. The van der Waals surface area contributed by atoms with Gasteiger partial charge in [-0.05, 0) is 37.1 Å². The van der Waals surface area contributed by atoms with Crippen LogP contribution >= 0.6 is 0 Å². The molecule has 1 fully saturated rings. The molecule has 28 heavy (non-hydrogen) atoms. The lowest BCUT2D eigenvalue weighted by Gasteiger charge is -2.39. The maximum Gasteiger partial charge on any atom is 0.409 e. The zero-order valence-corrected chi connectivity index (χ0v) is 15.4. The number of benzene rings is 1. The van der Waals surface area contributed by atoms with Crippen LogP contribution < -0.4 is 11.1 Å². The molecule has 0 saturated carbocycles. The summed E-state index contributed by atoms with van der Waals surface area (Å²) in [6, 6.07) is 9.02. The lowest BCUT2D eigenvalue weighted by molar-refractivity contribution is -0.204. The summed E-state index contributed by atoms with van der Waals surface area (Å²) in [6.45, 7) is 3.62. The quantitative estimate of drug-likeness (QED) is 0.762. The van der Waals surface area contributed by atoms with E-state index in [1.807, 2.05) is 19.1 Å². The summed E-state index contributed by atoms with van der Waals surface area (Å²) in [5, 5.41) is 2.40. The van der Waals surface area contributed by atoms with Gasteiger partial charge >= 0.3 is 12.2 Å². The minimum absolute atomic E-state index is 0.236. The Kier molecular flexibility index (Phi) is 6.61. The second-order valence-electron chi connectivity index (χ2n) is 6.37. The first-order chi connectivity index (χ1) is 13.1. The summed E-state index contributed by atoms with van der Waals surface area (Å²) in [5.74, 6) is -0.227. The number of urea groups is 1. The Morgan fingerprint density at radius 1 is 1.29 bits per heavy atom.